The normalized spacial score (nSPS) is 24.4. The van der Waals surface area contributed by atoms with Crippen LogP contribution in [0.5, 0.6) is 0 Å². The summed E-state index contributed by atoms with van der Waals surface area (Å²) in [5.74, 6) is 0.444. The molecule has 0 spiro atoms. The van der Waals surface area contributed by atoms with Gasteiger partial charge in [0.05, 0.1) is 23.8 Å². The molecule has 0 amide bonds. The van der Waals surface area contributed by atoms with Crippen LogP contribution in [0.1, 0.15) is 38.4 Å². The maximum atomic E-state index is 12.6. The molecule has 0 unspecified atom stereocenters. The Balaban J connectivity index is 2.17. The standard InChI is InChI=1S/C16H17N3O2/c1-16(2)6-10-14(11(20)7-16)13(12-4-3-5-21-12)9(8-17)15(18)19-10/h3-5,13,19H,6-7,18H2,1-2H3/t13-/m0/s1. The minimum absolute atomic E-state index is 0.0513. The van der Waals surface area contributed by atoms with E-state index in [1.807, 2.05) is 0 Å². The van der Waals surface area contributed by atoms with Crippen molar-refractivity contribution in [3.8, 4) is 6.07 Å². The van der Waals surface area contributed by atoms with Crippen LogP contribution in [0, 0.1) is 16.7 Å². The number of carbonyl (C=O) groups excluding carboxylic acids is 1. The van der Waals surface area contributed by atoms with Gasteiger partial charge < -0.3 is 15.5 Å². The highest BCUT2D eigenvalue weighted by Gasteiger charge is 2.42. The molecule has 3 rings (SSSR count). The Kier molecular flexibility index (Phi) is 2.91. The van der Waals surface area contributed by atoms with Crippen LogP contribution < -0.4 is 11.1 Å². The smallest absolute Gasteiger partial charge is 0.162 e. The fourth-order valence-electron chi connectivity index (χ4n) is 3.18. The van der Waals surface area contributed by atoms with Crippen molar-refractivity contribution >= 4 is 5.78 Å². The predicted molar refractivity (Wildman–Crippen MR) is 76.5 cm³/mol. The van der Waals surface area contributed by atoms with Gasteiger partial charge in [0.15, 0.2) is 5.78 Å². The molecule has 1 aliphatic carbocycles. The number of hydrogen-bond donors (Lipinski definition) is 2. The first-order valence-corrected chi connectivity index (χ1v) is 6.89. The fourth-order valence-corrected chi connectivity index (χ4v) is 3.18. The number of nitriles is 1. The Morgan fingerprint density at radius 1 is 1.48 bits per heavy atom. The van der Waals surface area contributed by atoms with Gasteiger partial charge in [-0.15, -0.1) is 0 Å². The van der Waals surface area contributed by atoms with Crippen LogP contribution >= 0.6 is 0 Å². The highest BCUT2D eigenvalue weighted by Crippen LogP contribution is 2.45. The monoisotopic (exact) mass is 283 g/mol. The van der Waals surface area contributed by atoms with Gasteiger partial charge in [0.2, 0.25) is 0 Å². The Morgan fingerprint density at radius 2 is 2.24 bits per heavy atom. The van der Waals surface area contributed by atoms with E-state index in [1.165, 1.54) is 0 Å². The predicted octanol–water partition coefficient (Wildman–Crippen LogP) is 2.30. The zero-order chi connectivity index (χ0) is 15.2. The molecule has 2 heterocycles. The van der Waals surface area contributed by atoms with Crippen LogP contribution in [0.2, 0.25) is 0 Å². The van der Waals surface area contributed by atoms with Crippen LogP contribution in [0.15, 0.2) is 45.5 Å². The summed E-state index contributed by atoms with van der Waals surface area (Å²) in [5.41, 5.74) is 7.65. The van der Waals surface area contributed by atoms with E-state index in [0.29, 0.717) is 29.1 Å². The molecule has 0 bridgehead atoms. The van der Waals surface area contributed by atoms with E-state index in [0.717, 1.165) is 12.1 Å². The molecule has 1 aromatic rings. The molecule has 1 atom stereocenters. The average molecular weight is 283 g/mol. The number of nitrogens with two attached hydrogens (primary N) is 1. The van der Waals surface area contributed by atoms with Crippen molar-refractivity contribution in [1.82, 2.24) is 5.32 Å². The number of carbonyl (C=O) groups is 1. The number of allylic oxidation sites excluding steroid dienone is 3. The van der Waals surface area contributed by atoms with Gasteiger partial charge >= 0.3 is 0 Å². The summed E-state index contributed by atoms with van der Waals surface area (Å²) >= 11 is 0. The third-order valence-electron chi connectivity index (χ3n) is 4.02. The van der Waals surface area contributed by atoms with Crippen molar-refractivity contribution in [1.29, 1.82) is 5.26 Å². The van der Waals surface area contributed by atoms with Crippen molar-refractivity contribution < 1.29 is 9.21 Å². The number of hydrogen-bond acceptors (Lipinski definition) is 5. The molecule has 1 aliphatic heterocycles. The summed E-state index contributed by atoms with van der Waals surface area (Å²) in [6.07, 6.45) is 2.73. The van der Waals surface area contributed by atoms with E-state index in [2.05, 4.69) is 25.2 Å². The van der Waals surface area contributed by atoms with E-state index in [-0.39, 0.29) is 11.2 Å². The van der Waals surface area contributed by atoms with Crippen molar-refractivity contribution in [2.24, 2.45) is 11.1 Å². The molecule has 5 heteroatoms. The molecule has 0 aromatic carbocycles. The lowest BCUT2D eigenvalue weighted by atomic mass is 9.70. The summed E-state index contributed by atoms with van der Waals surface area (Å²) < 4.78 is 5.45. The van der Waals surface area contributed by atoms with Gasteiger partial charge in [0.1, 0.15) is 11.6 Å². The summed E-state index contributed by atoms with van der Waals surface area (Å²) in [4.78, 5) is 12.6. The largest absolute Gasteiger partial charge is 0.468 e. The van der Waals surface area contributed by atoms with E-state index >= 15 is 0 Å². The molecular formula is C16H17N3O2. The number of nitrogens with zero attached hydrogens (tertiary/aromatic N) is 1. The lowest BCUT2D eigenvalue weighted by Crippen LogP contribution is -2.39. The zero-order valence-corrected chi connectivity index (χ0v) is 12.1. The summed E-state index contributed by atoms with van der Waals surface area (Å²) in [5, 5.41) is 12.5. The zero-order valence-electron chi connectivity index (χ0n) is 12.1. The average Bonchev–Trinajstić information content (AvgIpc) is 2.88. The molecular weight excluding hydrogens is 266 g/mol. The van der Waals surface area contributed by atoms with Crippen molar-refractivity contribution in [3.63, 3.8) is 0 Å². The Labute approximate surface area is 123 Å². The molecule has 108 valence electrons. The Bertz CT molecular complexity index is 702. The maximum absolute atomic E-state index is 12.6. The number of nitrogens with one attached hydrogen (secondary N) is 1. The van der Waals surface area contributed by atoms with E-state index in [9.17, 15) is 10.1 Å². The van der Waals surface area contributed by atoms with Crippen LogP contribution in [0.25, 0.3) is 0 Å². The summed E-state index contributed by atoms with van der Waals surface area (Å²) in [6.45, 7) is 4.11. The van der Waals surface area contributed by atoms with Gasteiger partial charge in [-0.05, 0) is 24.0 Å². The molecule has 0 saturated heterocycles. The summed E-state index contributed by atoms with van der Waals surface area (Å²) in [7, 11) is 0. The van der Waals surface area contributed by atoms with Crippen LogP contribution in [-0.4, -0.2) is 5.78 Å². The van der Waals surface area contributed by atoms with Crippen molar-refractivity contribution in [2.45, 2.75) is 32.6 Å². The first kappa shape index (κ1) is 13.5. The second-order valence-electron chi connectivity index (χ2n) is 6.35. The van der Waals surface area contributed by atoms with Crippen LogP contribution in [0.3, 0.4) is 0 Å². The minimum atomic E-state index is -0.496. The first-order chi connectivity index (χ1) is 9.93. The number of ketones is 1. The fraction of sp³-hybridized carbons (Fsp3) is 0.375. The van der Waals surface area contributed by atoms with Gasteiger partial charge in [0, 0.05) is 17.7 Å². The topological polar surface area (TPSA) is 92.0 Å². The second kappa shape index (κ2) is 4.52. The number of furan rings is 1. The molecule has 1 aromatic heterocycles. The van der Waals surface area contributed by atoms with Gasteiger partial charge in [-0.25, -0.2) is 0 Å². The van der Waals surface area contributed by atoms with Crippen molar-refractivity contribution in [3.05, 3.63) is 46.8 Å². The first-order valence-electron chi connectivity index (χ1n) is 6.89. The quantitative estimate of drug-likeness (QED) is 0.825. The van der Waals surface area contributed by atoms with Gasteiger partial charge in [0.25, 0.3) is 0 Å². The van der Waals surface area contributed by atoms with Crippen LogP contribution in [-0.2, 0) is 4.79 Å². The highest BCUT2D eigenvalue weighted by molar-refractivity contribution is 6.00. The van der Waals surface area contributed by atoms with Crippen LogP contribution in [0.4, 0.5) is 0 Å². The lowest BCUT2D eigenvalue weighted by molar-refractivity contribution is -0.118. The third kappa shape index (κ3) is 2.13. The SMILES string of the molecule is CC1(C)CC(=O)C2=C(C1)NC(N)=C(C#N)[C@H]2c1ccco1. The lowest BCUT2D eigenvalue weighted by Gasteiger charge is -2.37. The van der Waals surface area contributed by atoms with Gasteiger partial charge in [-0.1, -0.05) is 13.8 Å². The maximum Gasteiger partial charge on any atom is 0.162 e. The number of dihydropyridines is 1. The minimum Gasteiger partial charge on any atom is -0.468 e. The Morgan fingerprint density at radius 3 is 2.86 bits per heavy atom. The Hall–Kier alpha value is -2.48. The second-order valence-corrected chi connectivity index (χ2v) is 6.35. The molecule has 0 saturated carbocycles. The molecule has 5 nitrogen and oxygen atoms in total. The van der Waals surface area contributed by atoms with E-state index in [1.54, 1.807) is 18.4 Å². The molecule has 21 heavy (non-hydrogen) atoms. The van der Waals surface area contributed by atoms with E-state index in [4.69, 9.17) is 10.2 Å². The molecule has 0 fully saturated rings. The third-order valence-corrected chi connectivity index (χ3v) is 4.02. The highest BCUT2D eigenvalue weighted by atomic mass is 16.3. The molecule has 2 aliphatic rings. The molecule has 0 radical (unpaired) electrons. The van der Waals surface area contributed by atoms with Crippen molar-refractivity contribution in [2.75, 3.05) is 0 Å². The van der Waals surface area contributed by atoms with Gasteiger partial charge in [-0.2, -0.15) is 5.26 Å². The molecule has 3 N–H and O–H groups in total. The van der Waals surface area contributed by atoms with E-state index < -0.39 is 5.92 Å². The number of rotatable bonds is 1. The van der Waals surface area contributed by atoms with Gasteiger partial charge in [-0.3, -0.25) is 4.79 Å². The summed E-state index contributed by atoms with van der Waals surface area (Å²) in [6, 6.07) is 5.64. The number of Topliss-reactive ketones (excluding diaryl/α,β-unsaturated/α-hetero) is 1.